The number of allylic oxidation sites excluding steroid dienone is 10. The van der Waals surface area contributed by atoms with Gasteiger partial charge in [0.1, 0.15) is 0 Å². The molecule has 0 aromatic rings. The van der Waals surface area contributed by atoms with Crippen LogP contribution in [-0.4, -0.2) is 5.97 Å². The summed E-state index contributed by atoms with van der Waals surface area (Å²) < 4.78 is 0. The van der Waals surface area contributed by atoms with Gasteiger partial charge in [-0.25, -0.2) is 0 Å². The van der Waals surface area contributed by atoms with Crippen molar-refractivity contribution in [3.63, 3.8) is 0 Å². The van der Waals surface area contributed by atoms with E-state index in [-0.39, 0.29) is 36.0 Å². The van der Waals surface area contributed by atoms with Gasteiger partial charge in [0.2, 0.25) is 0 Å². The molecule has 0 saturated carbocycles. The first kappa shape index (κ1) is 28.4. The molecule has 0 bridgehead atoms. The molecule has 0 saturated heterocycles. The number of rotatable bonds is 17. The summed E-state index contributed by atoms with van der Waals surface area (Å²) in [6.45, 7) is 2.15. The van der Waals surface area contributed by atoms with Crippen LogP contribution in [0.1, 0.15) is 84.0 Å². The van der Waals surface area contributed by atoms with Crippen LogP contribution in [0.25, 0.3) is 0 Å². The minimum atomic E-state index is -0.927. The van der Waals surface area contributed by atoms with E-state index < -0.39 is 5.97 Å². The molecule has 0 aliphatic rings. The minimum Gasteiger partial charge on any atom is -0.550 e. The molecule has 0 fully saturated rings. The summed E-state index contributed by atoms with van der Waals surface area (Å²) in [6, 6.07) is 0. The molecule has 0 radical (unpaired) electrons. The molecule has 2 nitrogen and oxygen atoms in total. The van der Waals surface area contributed by atoms with Gasteiger partial charge in [-0.1, -0.05) is 86.9 Å². The van der Waals surface area contributed by atoms with Gasteiger partial charge < -0.3 is 9.90 Å². The second kappa shape index (κ2) is 25.2. The Balaban J connectivity index is 0. The molecule has 0 heterocycles. The monoisotopic (exact) mass is 380 g/mol. The molecule has 0 N–H and O–H groups in total. The van der Waals surface area contributed by atoms with Crippen molar-refractivity contribution >= 4 is 5.97 Å². The number of carbonyl (C=O) groups is 1. The maximum absolute atomic E-state index is 10.3. The van der Waals surface area contributed by atoms with Crippen LogP contribution in [0, 0.1) is 0 Å². The van der Waals surface area contributed by atoms with Crippen LogP contribution in [0.2, 0.25) is 0 Å². The Morgan fingerprint density at radius 1 is 0.630 bits per heavy atom. The average molecular weight is 381 g/mol. The Morgan fingerprint density at radius 3 is 1.52 bits per heavy atom. The van der Waals surface area contributed by atoms with E-state index in [1.54, 1.807) is 0 Å². The summed E-state index contributed by atoms with van der Waals surface area (Å²) in [5.41, 5.74) is 0. The third-order valence-electron chi connectivity index (χ3n) is 3.91. The van der Waals surface area contributed by atoms with Crippen molar-refractivity contribution in [2.75, 3.05) is 0 Å². The van der Waals surface area contributed by atoms with Gasteiger partial charge in [0.05, 0.1) is 0 Å². The third kappa shape index (κ3) is 27.5. The summed E-state index contributed by atoms with van der Waals surface area (Å²) in [5.74, 6) is -0.927. The van der Waals surface area contributed by atoms with E-state index in [2.05, 4.69) is 67.7 Å². The van der Waals surface area contributed by atoms with Gasteiger partial charge in [-0.3, -0.25) is 0 Å². The second-order valence-electron chi connectivity index (χ2n) is 6.39. The van der Waals surface area contributed by atoms with E-state index >= 15 is 0 Å². The maximum atomic E-state index is 10.3. The Bertz CT molecular complexity index is 459. The molecule has 3 heteroatoms. The van der Waals surface area contributed by atoms with Crippen molar-refractivity contribution in [3.05, 3.63) is 60.8 Å². The predicted molar refractivity (Wildman–Crippen MR) is 112 cm³/mol. The van der Waals surface area contributed by atoms with E-state index in [0.717, 1.165) is 57.8 Å². The molecule has 0 aromatic heterocycles. The minimum absolute atomic E-state index is 0. The van der Waals surface area contributed by atoms with Gasteiger partial charge in [0.15, 0.2) is 0 Å². The van der Waals surface area contributed by atoms with Crippen LogP contribution in [0.5, 0.6) is 0 Å². The Labute approximate surface area is 189 Å². The molecule has 0 aliphatic heterocycles. The number of hydrogen-bond acceptors (Lipinski definition) is 2. The van der Waals surface area contributed by atoms with Gasteiger partial charge in [0.25, 0.3) is 0 Å². The Hall–Kier alpha value is -0.830. The number of carboxylic acid groups (broad SMARTS) is 1. The Morgan fingerprint density at radius 2 is 1.04 bits per heavy atom. The first-order chi connectivity index (χ1) is 12.8. The predicted octanol–water partition coefficient (Wildman–Crippen LogP) is 3.22. The van der Waals surface area contributed by atoms with E-state index in [1.807, 2.05) is 0 Å². The number of unbranched alkanes of at least 4 members (excludes halogenated alkanes) is 5. The van der Waals surface area contributed by atoms with Crippen molar-refractivity contribution in [3.8, 4) is 0 Å². The van der Waals surface area contributed by atoms with Crippen molar-refractivity contribution in [2.24, 2.45) is 0 Å². The van der Waals surface area contributed by atoms with Gasteiger partial charge in [-0.2, -0.15) is 0 Å². The number of aliphatic carboxylic acids is 1. The molecule has 0 aliphatic carbocycles. The zero-order valence-corrected chi connectivity index (χ0v) is 19.6. The van der Waals surface area contributed by atoms with Crippen LogP contribution >= 0.6 is 0 Å². The Kier molecular flexibility index (Phi) is 26.5. The SMILES string of the molecule is CCC=CCC=CCC=CCC=CCC=CCCCCCCCC(=O)[O-].[Na+]. The average Bonchev–Trinajstić information content (AvgIpc) is 2.62. The van der Waals surface area contributed by atoms with Gasteiger partial charge in [0, 0.05) is 5.97 Å². The molecule has 146 valence electrons. The largest absolute Gasteiger partial charge is 1.00 e. The molecule has 27 heavy (non-hydrogen) atoms. The fourth-order valence-electron chi connectivity index (χ4n) is 2.43. The summed E-state index contributed by atoms with van der Waals surface area (Å²) in [4.78, 5) is 10.3. The quantitative estimate of drug-likeness (QED) is 0.221. The standard InChI is InChI=1S/C24H38O2.Na/c1-2-3-4-5-6-7-8-9-10-11-12-13-14-15-16-17-18-19-20-21-22-23-24(25)26;/h3-4,6-7,9-10,12-13,15-16H,2,5,8,11,14,17-23H2,1H3,(H,25,26);/q;+1/p-1. The van der Waals surface area contributed by atoms with Gasteiger partial charge in [-0.15, -0.1) is 0 Å². The van der Waals surface area contributed by atoms with E-state index in [4.69, 9.17) is 0 Å². The number of hydrogen-bond donors (Lipinski definition) is 0. The van der Waals surface area contributed by atoms with Crippen LogP contribution in [-0.2, 0) is 4.79 Å². The normalized spacial score (nSPS) is 12.2. The summed E-state index contributed by atoms with van der Waals surface area (Å²) in [7, 11) is 0. The first-order valence-corrected chi connectivity index (χ1v) is 10.2. The molecular formula is C24H37NaO2. The fourth-order valence-corrected chi connectivity index (χ4v) is 2.43. The van der Waals surface area contributed by atoms with E-state index in [1.165, 1.54) is 12.8 Å². The molecule has 0 rings (SSSR count). The van der Waals surface area contributed by atoms with Crippen molar-refractivity contribution in [1.29, 1.82) is 0 Å². The van der Waals surface area contributed by atoms with Crippen molar-refractivity contribution in [2.45, 2.75) is 84.0 Å². The van der Waals surface area contributed by atoms with Crippen LogP contribution in [0.3, 0.4) is 0 Å². The molecule has 0 spiro atoms. The maximum Gasteiger partial charge on any atom is 1.00 e. The van der Waals surface area contributed by atoms with E-state index in [9.17, 15) is 9.90 Å². The van der Waals surface area contributed by atoms with Crippen LogP contribution in [0.15, 0.2) is 60.8 Å². The van der Waals surface area contributed by atoms with Crippen LogP contribution < -0.4 is 34.7 Å². The van der Waals surface area contributed by atoms with Crippen molar-refractivity contribution < 1.29 is 39.5 Å². The molecule has 0 amide bonds. The summed E-state index contributed by atoms with van der Waals surface area (Å²) >= 11 is 0. The molecular weight excluding hydrogens is 343 g/mol. The summed E-state index contributed by atoms with van der Waals surface area (Å²) in [5, 5.41) is 10.3. The zero-order valence-electron chi connectivity index (χ0n) is 17.6. The van der Waals surface area contributed by atoms with Gasteiger partial charge in [-0.05, 0) is 57.8 Å². The smallest absolute Gasteiger partial charge is 0.550 e. The summed E-state index contributed by atoms with van der Waals surface area (Å²) in [6.07, 6.45) is 33.9. The number of carboxylic acids is 1. The third-order valence-corrected chi connectivity index (χ3v) is 3.91. The van der Waals surface area contributed by atoms with Gasteiger partial charge >= 0.3 is 29.6 Å². The number of carbonyl (C=O) groups excluding carboxylic acids is 1. The second-order valence-corrected chi connectivity index (χ2v) is 6.39. The first-order valence-electron chi connectivity index (χ1n) is 10.2. The molecule has 0 unspecified atom stereocenters. The molecule has 0 aromatic carbocycles. The van der Waals surface area contributed by atoms with E-state index in [0.29, 0.717) is 0 Å². The van der Waals surface area contributed by atoms with Crippen LogP contribution in [0.4, 0.5) is 0 Å². The van der Waals surface area contributed by atoms with Crippen molar-refractivity contribution in [1.82, 2.24) is 0 Å². The fraction of sp³-hybridized carbons (Fsp3) is 0.542. The topological polar surface area (TPSA) is 40.1 Å². The zero-order chi connectivity index (χ0) is 19.1. The molecule has 0 atom stereocenters.